The molecule has 2 aromatic carbocycles. The Kier molecular flexibility index (Phi) is 8.84. The first-order chi connectivity index (χ1) is 17.7. The predicted octanol–water partition coefficient (Wildman–Crippen LogP) is 4.89. The Hall–Kier alpha value is -3.43. The van der Waals surface area contributed by atoms with Crippen molar-refractivity contribution >= 4 is 54.5 Å². The summed E-state index contributed by atoms with van der Waals surface area (Å²) in [7, 11) is -8.51. The number of H-pyrrole nitrogens is 1. The summed E-state index contributed by atoms with van der Waals surface area (Å²) in [6, 6.07) is 10.5. The van der Waals surface area contributed by atoms with E-state index in [-0.39, 0.29) is 11.3 Å². The number of halogens is 3. The van der Waals surface area contributed by atoms with Crippen LogP contribution in [0.15, 0.2) is 54.9 Å². The van der Waals surface area contributed by atoms with E-state index in [0.717, 1.165) is 17.7 Å². The fourth-order valence-electron chi connectivity index (χ4n) is 3.45. The largest absolute Gasteiger partial charge is 0.394 e. The molecule has 0 aliphatic carbocycles. The van der Waals surface area contributed by atoms with E-state index in [0.29, 0.717) is 28.0 Å². The number of fused-ring (bicyclic) bond motifs is 1. The van der Waals surface area contributed by atoms with Gasteiger partial charge in [-0.05, 0) is 42.3 Å². The van der Waals surface area contributed by atoms with Crippen LogP contribution in [-0.4, -0.2) is 47.4 Å². The molecule has 0 radical (unpaired) electrons. The van der Waals surface area contributed by atoms with E-state index < -0.39 is 49.1 Å². The highest BCUT2D eigenvalue weighted by atomic mass is 35.5. The molecule has 0 aliphatic heterocycles. The van der Waals surface area contributed by atoms with E-state index in [2.05, 4.69) is 14.7 Å². The average Bonchev–Trinajstić information content (AvgIpc) is 3.23. The molecule has 0 unspecified atom stereocenters. The van der Waals surface area contributed by atoms with Crippen molar-refractivity contribution in [1.29, 1.82) is 0 Å². The number of carbonyl (C=O) groups is 1. The maximum Gasteiger partial charge on any atom is 0.394 e. The summed E-state index contributed by atoms with van der Waals surface area (Å²) < 4.78 is 87.4. The van der Waals surface area contributed by atoms with Crippen LogP contribution in [0.25, 0.3) is 22.2 Å². The molecule has 15 heteroatoms. The third kappa shape index (κ3) is 7.33. The van der Waals surface area contributed by atoms with Gasteiger partial charge < -0.3 is 4.98 Å². The van der Waals surface area contributed by atoms with Crippen LogP contribution in [-0.2, 0) is 20.4 Å². The Bertz CT molecular complexity index is 1700. The van der Waals surface area contributed by atoms with Gasteiger partial charge in [0.25, 0.3) is 0 Å². The van der Waals surface area contributed by atoms with Crippen LogP contribution in [0.1, 0.15) is 29.3 Å². The molecular formula is C23H20ClF2N3O7S2. The van der Waals surface area contributed by atoms with Crippen molar-refractivity contribution in [2.24, 2.45) is 0 Å². The van der Waals surface area contributed by atoms with E-state index >= 15 is 4.39 Å². The lowest BCUT2D eigenvalue weighted by molar-refractivity contribution is 0.103. The number of aromatic amines is 1. The monoisotopic (exact) mass is 587 g/mol. The molecule has 4 aromatic rings. The highest BCUT2D eigenvalue weighted by molar-refractivity contribution is 7.92. The number of hydrogen-bond donors (Lipinski definition) is 4. The lowest BCUT2D eigenvalue weighted by Crippen LogP contribution is -2.18. The van der Waals surface area contributed by atoms with Crippen LogP contribution >= 0.6 is 11.6 Å². The zero-order valence-electron chi connectivity index (χ0n) is 19.4. The number of hydrogen-bond acceptors (Lipinski definition) is 6. The molecule has 2 heterocycles. The van der Waals surface area contributed by atoms with E-state index in [1.54, 1.807) is 43.5 Å². The molecule has 0 fully saturated rings. The first-order valence-electron chi connectivity index (χ1n) is 10.7. The topological polar surface area (TPSA) is 167 Å². The van der Waals surface area contributed by atoms with Crippen LogP contribution in [0.2, 0.25) is 5.02 Å². The van der Waals surface area contributed by atoms with Crippen LogP contribution in [0.5, 0.6) is 0 Å². The summed E-state index contributed by atoms with van der Waals surface area (Å²) in [5.41, 5.74) is 0.474. The predicted molar refractivity (Wildman–Crippen MR) is 138 cm³/mol. The summed E-state index contributed by atoms with van der Waals surface area (Å²) in [6.07, 6.45) is 3.22. The van der Waals surface area contributed by atoms with Gasteiger partial charge in [0.2, 0.25) is 15.8 Å². The van der Waals surface area contributed by atoms with E-state index in [4.69, 9.17) is 29.1 Å². The van der Waals surface area contributed by atoms with Gasteiger partial charge in [-0.2, -0.15) is 8.42 Å². The molecule has 0 bridgehead atoms. The number of carbonyl (C=O) groups excluding carboxylic acids is 1. The molecule has 202 valence electrons. The first-order valence-corrected chi connectivity index (χ1v) is 14.1. The van der Waals surface area contributed by atoms with E-state index in [1.165, 1.54) is 6.20 Å². The van der Waals surface area contributed by atoms with Crippen molar-refractivity contribution in [3.63, 3.8) is 0 Å². The molecule has 2 aromatic heterocycles. The maximum atomic E-state index is 15.1. The van der Waals surface area contributed by atoms with Gasteiger partial charge in [-0.1, -0.05) is 30.7 Å². The van der Waals surface area contributed by atoms with Crippen molar-refractivity contribution in [3.8, 4) is 11.1 Å². The second-order valence-electron chi connectivity index (χ2n) is 7.81. The number of pyridine rings is 1. The third-order valence-corrected chi connectivity index (χ3v) is 6.74. The second kappa shape index (κ2) is 11.5. The van der Waals surface area contributed by atoms with Crippen molar-refractivity contribution in [2.45, 2.75) is 13.3 Å². The molecule has 0 aliphatic rings. The zero-order chi connectivity index (χ0) is 28.3. The molecule has 4 rings (SSSR count). The summed E-state index contributed by atoms with van der Waals surface area (Å²) in [6.45, 7) is 1.65. The van der Waals surface area contributed by atoms with Crippen molar-refractivity contribution < 1.29 is 39.5 Å². The number of nitrogens with zero attached hydrogens (tertiary/aromatic N) is 1. The number of sulfonamides is 1. The standard InChI is InChI=1S/C23H18ClF2N3O3S.H2O4S/c1-2-9-33(31,32)29-19-8-7-18(25)20(21(19)26)22(30)17-12-28-23-16(17)10-14(11-27-23)13-3-5-15(24)6-4-13;1-5(2,3)4/h3-8,10-12,29H,2,9H2,1H3,(H,27,28);(H2,1,2,3,4). The summed E-state index contributed by atoms with van der Waals surface area (Å²) in [4.78, 5) is 20.3. The normalized spacial score (nSPS) is 11.6. The average molecular weight is 588 g/mol. The highest BCUT2D eigenvalue weighted by Crippen LogP contribution is 2.30. The fraction of sp³-hybridized carbons (Fsp3) is 0.130. The number of rotatable bonds is 7. The van der Waals surface area contributed by atoms with Crippen molar-refractivity contribution in [3.05, 3.63) is 82.6 Å². The van der Waals surface area contributed by atoms with Crippen LogP contribution in [0.3, 0.4) is 0 Å². The maximum absolute atomic E-state index is 15.1. The van der Waals surface area contributed by atoms with Gasteiger partial charge >= 0.3 is 10.4 Å². The Morgan fingerprint density at radius 2 is 1.68 bits per heavy atom. The molecule has 38 heavy (non-hydrogen) atoms. The molecule has 10 nitrogen and oxygen atoms in total. The molecule has 4 N–H and O–H groups in total. The lowest BCUT2D eigenvalue weighted by atomic mass is 10.00. The summed E-state index contributed by atoms with van der Waals surface area (Å²) in [5.74, 6) is -3.57. The van der Waals surface area contributed by atoms with Crippen LogP contribution < -0.4 is 4.72 Å². The van der Waals surface area contributed by atoms with Crippen molar-refractivity contribution in [2.75, 3.05) is 10.5 Å². The molecule has 0 atom stereocenters. The SMILES string of the molecule is CCCS(=O)(=O)Nc1ccc(F)c(C(=O)c2c[nH]c3ncc(-c4ccc(Cl)cc4)cc23)c1F.O=S(=O)(O)O. The fourth-order valence-corrected chi connectivity index (χ4v) is 4.71. The smallest absolute Gasteiger partial charge is 0.345 e. The van der Waals surface area contributed by atoms with Crippen LogP contribution in [0.4, 0.5) is 14.5 Å². The Morgan fingerprint density at radius 1 is 1.05 bits per heavy atom. The first kappa shape index (κ1) is 29.1. The number of benzene rings is 2. The molecule has 0 saturated heterocycles. The van der Waals surface area contributed by atoms with E-state index in [1.807, 2.05) is 0 Å². The summed E-state index contributed by atoms with van der Waals surface area (Å²) in [5, 5.41) is 0.925. The Labute approximate surface area is 221 Å². The minimum Gasteiger partial charge on any atom is -0.345 e. The van der Waals surface area contributed by atoms with Crippen molar-refractivity contribution in [1.82, 2.24) is 9.97 Å². The van der Waals surface area contributed by atoms with Gasteiger partial charge in [0.05, 0.1) is 17.0 Å². The number of aromatic nitrogens is 2. The quantitative estimate of drug-likeness (QED) is 0.175. The molecular weight excluding hydrogens is 568 g/mol. The Balaban J connectivity index is 0.000000732. The Morgan fingerprint density at radius 3 is 2.29 bits per heavy atom. The minimum absolute atomic E-state index is 0.000297. The second-order valence-corrected chi connectivity index (χ2v) is 11.0. The highest BCUT2D eigenvalue weighted by Gasteiger charge is 2.26. The van der Waals surface area contributed by atoms with Gasteiger partial charge in [0.15, 0.2) is 5.82 Å². The number of anilines is 1. The lowest BCUT2D eigenvalue weighted by Gasteiger charge is -2.11. The van der Waals surface area contributed by atoms with Gasteiger partial charge in [-0.15, -0.1) is 0 Å². The molecule has 0 saturated carbocycles. The molecule has 0 spiro atoms. The van der Waals surface area contributed by atoms with Gasteiger partial charge in [-0.3, -0.25) is 18.6 Å². The number of ketones is 1. The van der Waals surface area contributed by atoms with Gasteiger partial charge in [0, 0.05) is 33.9 Å². The third-order valence-electron chi connectivity index (χ3n) is 5.01. The summed E-state index contributed by atoms with van der Waals surface area (Å²) >= 11 is 5.93. The van der Waals surface area contributed by atoms with E-state index in [9.17, 15) is 17.6 Å². The molecule has 0 amide bonds. The van der Waals surface area contributed by atoms with Gasteiger partial charge in [0.1, 0.15) is 11.5 Å². The minimum atomic E-state index is -4.67. The van der Waals surface area contributed by atoms with Crippen LogP contribution in [0, 0.1) is 11.6 Å². The van der Waals surface area contributed by atoms with Gasteiger partial charge in [-0.25, -0.2) is 22.2 Å². The number of nitrogens with one attached hydrogen (secondary N) is 2. The zero-order valence-corrected chi connectivity index (χ0v) is 21.8.